The normalized spacial score (nSPS) is 11.9. The van der Waals surface area contributed by atoms with Crippen LogP contribution in [0.2, 0.25) is 0 Å². The van der Waals surface area contributed by atoms with Crippen molar-refractivity contribution < 1.29 is 14.6 Å². The molecule has 0 heterocycles. The Hall–Kier alpha value is -1.71. The number of nitrogens with one attached hydrogen (secondary N) is 1. The standard InChI is InChI=1S/C12H17NO3/c1-3-6-10(12(14)15)13-9-7-4-5-8-11(9)16-2/h4-5,7-8,10,13H,3,6H2,1-2H3,(H,14,15). The fourth-order valence-electron chi connectivity index (χ4n) is 1.50. The largest absolute Gasteiger partial charge is 0.495 e. The Morgan fingerprint density at radius 1 is 1.50 bits per heavy atom. The molecule has 0 aliphatic rings. The van der Waals surface area contributed by atoms with Gasteiger partial charge in [-0.05, 0) is 18.6 Å². The topological polar surface area (TPSA) is 58.6 Å². The molecule has 4 nitrogen and oxygen atoms in total. The van der Waals surface area contributed by atoms with Crippen molar-refractivity contribution in [2.24, 2.45) is 0 Å². The minimum atomic E-state index is -0.840. The minimum Gasteiger partial charge on any atom is -0.495 e. The molecule has 0 aliphatic carbocycles. The van der Waals surface area contributed by atoms with Crippen molar-refractivity contribution in [2.75, 3.05) is 12.4 Å². The van der Waals surface area contributed by atoms with Gasteiger partial charge < -0.3 is 15.2 Å². The Morgan fingerprint density at radius 2 is 2.19 bits per heavy atom. The van der Waals surface area contributed by atoms with Crippen LogP contribution >= 0.6 is 0 Å². The molecule has 1 rings (SSSR count). The van der Waals surface area contributed by atoms with E-state index in [0.717, 1.165) is 6.42 Å². The monoisotopic (exact) mass is 223 g/mol. The van der Waals surface area contributed by atoms with Crippen LogP contribution in [0.3, 0.4) is 0 Å². The molecule has 0 saturated heterocycles. The van der Waals surface area contributed by atoms with E-state index in [1.165, 1.54) is 0 Å². The third-order valence-electron chi connectivity index (χ3n) is 2.31. The maximum Gasteiger partial charge on any atom is 0.326 e. The molecule has 0 spiro atoms. The lowest BCUT2D eigenvalue weighted by molar-refractivity contribution is -0.138. The number of rotatable bonds is 6. The second kappa shape index (κ2) is 6.00. The molecule has 1 aromatic rings. The van der Waals surface area contributed by atoms with E-state index in [9.17, 15) is 4.79 Å². The fourth-order valence-corrected chi connectivity index (χ4v) is 1.50. The average molecular weight is 223 g/mol. The van der Waals surface area contributed by atoms with E-state index in [-0.39, 0.29) is 0 Å². The quantitative estimate of drug-likeness (QED) is 0.777. The molecule has 0 radical (unpaired) electrons. The number of ether oxygens (including phenoxy) is 1. The van der Waals surface area contributed by atoms with Crippen molar-refractivity contribution in [1.29, 1.82) is 0 Å². The second-order valence-corrected chi connectivity index (χ2v) is 3.52. The van der Waals surface area contributed by atoms with Crippen LogP contribution in [-0.2, 0) is 4.79 Å². The maximum absolute atomic E-state index is 11.0. The molecule has 1 unspecified atom stereocenters. The number of hydrogen-bond acceptors (Lipinski definition) is 3. The van der Waals surface area contributed by atoms with Crippen LogP contribution in [0, 0.1) is 0 Å². The Morgan fingerprint density at radius 3 is 2.75 bits per heavy atom. The van der Waals surface area contributed by atoms with Gasteiger partial charge in [-0.15, -0.1) is 0 Å². The lowest BCUT2D eigenvalue weighted by atomic mass is 10.1. The number of anilines is 1. The molecule has 88 valence electrons. The number of carboxylic acid groups (broad SMARTS) is 1. The highest BCUT2D eigenvalue weighted by molar-refractivity contribution is 5.78. The lowest BCUT2D eigenvalue weighted by Crippen LogP contribution is -2.29. The van der Waals surface area contributed by atoms with Crippen LogP contribution in [-0.4, -0.2) is 24.2 Å². The molecule has 0 amide bonds. The number of hydrogen-bond donors (Lipinski definition) is 2. The van der Waals surface area contributed by atoms with Crippen LogP contribution in [0.1, 0.15) is 19.8 Å². The van der Waals surface area contributed by atoms with Crippen molar-refractivity contribution in [3.8, 4) is 5.75 Å². The van der Waals surface area contributed by atoms with Crippen molar-refractivity contribution >= 4 is 11.7 Å². The second-order valence-electron chi connectivity index (χ2n) is 3.52. The van der Waals surface area contributed by atoms with Crippen LogP contribution in [0.25, 0.3) is 0 Å². The zero-order valence-corrected chi connectivity index (χ0v) is 9.56. The average Bonchev–Trinajstić information content (AvgIpc) is 2.29. The Kier molecular flexibility index (Phi) is 4.64. The summed E-state index contributed by atoms with van der Waals surface area (Å²) in [4.78, 5) is 11.0. The first-order valence-electron chi connectivity index (χ1n) is 5.31. The van der Waals surface area contributed by atoms with Gasteiger partial charge in [-0.3, -0.25) is 0 Å². The predicted molar refractivity (Wildman–Crippen MR) is 62.9 cm³/mol. The summed E-state index contributed by atoms with van der Waals surface area (Å²) >= 11 is 0. The molecular formula is C12H17NO3. The van der Waals surface area contributed by atoms with E-state index in [1.807, 2.05) is 25.1 Å². The molecule has 0 fully saturated rings. The van der Waals surface area contributed by atoms with E-state index in [1.54, 1.807) is 13.2 Å². The molecule has 4 heteroatoms. The van der Waals surface area contributed by atoms with Gasteiger partial charge >= 0.3 is 5.97 Å². The molecule has 0 bridgehead atoms. The van der Waals surface area contributed by atoms with E-state index >= 15 is 0 Å². The van der Waals surface area contributed by atoms with Crippen molar-refractivity contribution in [2.45, 2.75) is 25.8 Å². The molecule has 0 aliphatic heterocycles. The Bertz CT molecular complexity index is 352. The summed E-state index contributed by atoms with van der Waals surface area (Å²) in [5.74, 6) is -0.183. The van der Waals surface area contributed by atoms with Crippen LogP contribution in [0.4, 0.5) is 5.69 Å². The first kappa shape index (κ1) is 12.4. The van der Waals surface area contributed by atoms with Gasteiger partial charge in [0.05, 0.1) is 12.8 Å². The summed E-state index contributed by atoms with van der Waals surface area (Å²) in [5.41, 5.74) is 0.714. The molecule has 1 atom stereocenters. The summed E-state index contributed by atoms with van der Waals surface area (Å²) in [6, 6.07) is 6.73. The Labute approximate surface area is 95.2 Å². The molecular weight excluding hydrogens is 206 g/mol. The zero-order chi connectivity index (χ0) is 12.0. The fraction of sp³-hybridized carbons (Fsp3) is 0.417. The highest BCUT2D eigenvalue weighted by Gasteiger charge is 2.17. The highest BCUT2D eigenvalue weighted by Crippen LogP contribution is 2.24. The van der Waals surface area contributed by atoms with Gasteiger partial charge in [-0.2, -0.15) is 0 Å². The third-order valence-corrected chi connectivity index (χ3v) is 2.31. The van der Waals surface area contributed by atoms with E-state index in [4.69, 9.17) is 9.84 Å². The number of aliphatic carboxylic acids is 1. The summed E-state index contributed by atoms with van der Waals surface area (Å²) in [6.45, 7) is 1.96. The minimum absolute atomic E-state index is 0.568. The summed E-state index contributed by atoms with van der Waals surface area (Å²) < 4.78 is 5.15. The Balaban J connectivity index is 2.80. The van der Waals surface area contributed by atoms with Gasteiger partial charge in [0.1, 0.15) is 11.8 Å². The van der Waals surface area contributed by atoms with E-state index in [0.29, 0.717) is 17.9 Å². The zero-order valence-electron chi connectivity index (χ0n) is 9.56. The van der Waals surface area contributed by atoms with Gasteiger partial charge in [0.25, 0.3) is 0 Å². The number of para-hydroxylation sites is 2. The van der Waals surface area contributed by atoms with Gasteiger partial charge in [0.15, 0.2) is 0 Å². The molecule has 1 aromatic carbocycles. The highest BCUT2D eigenvalue weighted by atomic mass is 16.5. The summed E-state index contributed by atoms with van der Waals surface area (Å²) in [5, 5.41) is 12.0. The smallest absolute Gasteiger partial charge is 0.326 e. The van der Waals surface area contributed by atoms with Crippen molar-refractivity contribution in [3.63, 3.8) is 0 Å². The predicted octanol–water partition coefficient (Wildman–Crippen LogP) is 2.36. The third kappa shape index (κ3) is 3.15. The molecule has 0 saturated carbocycles. The van der Waals surface area contributed by atoms with Crippen LogP contribution < -0.4 is 10.1 Å². The van der Waals surface area contributed by atoms with Crippen LogP contribution in [0.15, 0.2) is 24.3 Å². The summed E-state index contributed by atoms with van der Waals surface area (Å²) in [7, 11) is 1.57. The van der Waals surface area contributed by atoms with Gasteiger partial charge in [0, 0.05) is 0 Å². The van der Waals surface area contributed by atoms with Crippen LogP contribution in [0.5, 0.6) is 5.75 Å². The maximum atomic E-state index is 11.0. The van der Waals surface area contributed by atoms with E-state index in [2.05, 4.69) is 5.32 Å². The van der Waals surface area contributed by atoms with Crippen molar-refractivity contribution in [3.05, 3.63) is 24.3 Å². The number of methoxy groups -OCH3 is 1. The first-order chi connectivity index (χ1) is 7.69. The number of carboxylic acids is 1. The molecule has 0 aromatic heterocycles. The number of carbonyl (C=O) groups is 1. The van der Waals surface area contributed by atoms with Gasteiger partial charge in [-0.1, -0.05) is 25.5 Å². The van der Waals surface area contributed by atoms with Gasteiger partial charge in [0.2, 0.25) is 0 Å². The SMILES string of the molecule is CCCC(Nc1ccccc1OC)C(=O)O. The van der Waals surface area contributed by atoms with E-state index < -0.39 is 12.0 Å². The number of benzene rings is 1. The summed E-state index contributed by atoms with van der Waals surface area (Å²) in [6.07, 6.45) is 1.41. The van der Waals surface area contributed by atoms with Gasteiger partial charge in [-0.25, -0.2) is 4.79 Å². The lowest BCUT2D eigenvalue weighted by Gasteiger charge is -2.16. The first-order valence-corrected chi connectivity index (χ1v) is 5.31. The van der Waals surface area contributed by atoms with Crippen molar-refractivity contribution in [1.82, 2.24) is 0 Å². The molecule has 2 N–H and O–H groups in total. The molecule has 16 heavy (non-hydrogen) atoms.